The number of anilines is 2. The number of imidazole rings is 1. The van der Waals surface area contributed by atoms with Crippen LogP contribution in [0.2, 0.25) is 0 Å². The lowest BCUT2D eigenvalue weighted by Gasteiger charge is -2.11. The van der Waals surface area contributed by atoms with Crippen molar-refractivity contribution in [1.82, 2.24) is 19.5 Å². The summed E-state index contributed by atoms with van der Waals surface area (Å²) in [6.45, 7) is -0.112. The Hall–Kier alpha value is -4.18. The van der Waals surface area contributed by atoms with Crippen molar-refractivity contribution < 1.29 is 9.84 Å². The molecule has 10 heteroatoms. The van der Waals surface area contributed by atoms with Gasteiger partial charge in [0, 0.05) is 5.69 Å². The van der Waals surface area contributed by atoms with E-state index in [1.165, 1.54) is 11.7 Å². The first-order valence-corrected chi connectivity index (χ1v) is 8.99. The van der Waals surface area contributed by atoms with E-state index in [1.807, 2.05) is 0 Å². The number of H-pyrrole nitrogens is 1. The van der Waals surface area contributed by atoms with Crippen LogP contribution in [-0.4, -0.2) is 37.6 Å². The van der Waals surface area contributed by atoms with Crippen molar-refractivity contribution in [3.05, 3.63) is 70.3 Å². The topological polar surface area (TPSA) is 155 Å². The molecule has 6 N–H and O–H groups in total. The van der Waals surface area contributed by atoms with Crippen LogP contribution in [0.1, 0.15) is 11.3 Å². The molecule has 0 bridgehead atoms. The molecule has 10 nitrogen and oxygen atoms in total. The lowest BCUT2D eigenvalue weighted by molar-refractivity contribution is 0.282. The van der Waals surface area contributed by atoms with Crippen molar-refractivity contribution >= 4 is 28.6 Å². The molecule has 0 spiro atoms. The number of nitrogen functional groups attached to an aromatic ring is 1. The van der Waals surface area contributed by atoms with Crippen LogP contribution < -0.4 is 21.5 Å². The summed E-state index contributed by atoms with van der Waals surface area (Å²) in [4.78, 5) is 24.2. The SMILES string of the molecule is COc1ccccc1-n1c(=O)[nH]c2c(C(=N)N)nc(Nc3cccc(CO)c3)nc21. The zero-order chi connectivity index (χ0) is 21.3. The number of methoxy groups -OCH3 is 1. The molecule has 0 aliphatic rings. The highest BCUT2D eigenvalue weighted by molar-refractivity contribution is 6.03. The van der Waals surface area contributed by atoms with E-state index >= 15 is 0 Å². The van der Waals surface area contributed by atoms with E-state index in [4.69, 9.17) is 15.9 Å². The Bertz CT molecular complexity index is 1310. The summed E-state index contributed by atoms with van der Waals surface area (Å²) in [6, 6.07) is 14.1. The van der Waals surface area contributed by atoms with Gasteiger partial charge in [-0.2, -0.15) is 4.98 Å². The summed E-state index contributed by atoms with van der Waals surface area (Å²) in [6.07, 6.45) is 0. The summed E-state index contributed by atoms with van der Waals surface area (Å²) >= 11 is 0. The van der Waals surface area contributed by atoms with Gasteiger partial charge in [-0.25, -0.2) is 14.3 Å². The van der Waals surface area contributed by atoms with Crippen LogP contribution in [0, 0.1) is 5.41 Å². The van der Waals surface area contributed by atoms with E-state index in [0.717, 1.165) is 0 Å². The van der Waals surface area contributed by atoms with Crippen LogP contribution in [0.3, 0.4) is 0 Å². The summed E-state index contributed by atoms with van der Waals surface area (Å²) < 4.78 is 6.72. The average molecular weight is 405 g/mol. The molecule has 2 heterocycles. The predicted molar refractivity (Wildman–Crippen MR) is 113 cm³/mol. The molecule has 0 amide bonds. The number of benzene rings is 2. The van der Waals surface area contributed by atoms with Crippen molar-refractivity contribution in [3.63, 3.8) is 0 Å². The van der Waals surface area contributed by atoms with Gasteiger partial charge in [0.25, 0.3) is 0 Å². The number of aliphatic hydroxyl groups excluding tert-OH is 1. The number of aromatic amines is 1. The molecular weight excluding hydrogens is 386 g/mol. The quantitative estimate of drug-likeness (QED) is 0.241. The van der Waals surface area contributed by atoms with E-state index in [-0.39, 0.29) is 35.2 Å². The number of ether oxygens (including phenoxy) is 1. The smallest absolute Gasteiger partial charge is 0.332 e. The Morgan fingerprint density at radius 3 is 2.80 bits per heavy atom. The maximum absolute atomic E-state index is 12.8. The van der Waals surface area contributed by atoms with Crippen LogP contribution in [-0.2, 0) is 6.61 Å². The molecule has 0 unspecified atom stereocenters. The highest BCUT2D eigenvalue weighted by Gasteiger charge is 2.20. The minimum atomic E-state index is -0.467. The van der Waals surface area contributed by atoms with Gasteiger partial charge in [-0.15, -0.1) is 0 Å². The second kappa shape index (κ2) is 7.68. The summed E-state index contributed by atoms with van der Waals surface area (Å²) in [7, 11) is 1.51. The van der Waals surface area contributed by atoms with Crippen molar-refractivity contribution in [2.24, 2.45) is 5.73 Å². The number of aromatic nitrogens is 4. The standard InChI is InChI=1S/C20H19N7O3/c1-30-14-8-3-2-7-13(14)27-18-16(25-20(27)29)15(17(21)22)24-19(26-18)23-12-6-4-5-11(9-12)10-28/h2-9,28H,10H2,1H3,(H3,21,22)(H,25,29)(H,23,24,26). The van der Waals surface area contributed by atoms with Gasteiger partial charge in [0.05, 0.1) is 19.4 Å². The van der Waals surface area contributed by atoms with Crippen molar-refractivity contribution in [1.29, 1.82) is 5.41 Å². The molecule has 30 heavy (non-hydrogen) atoms. The zero-order valence-electron chi connectivity index (χ0n) is 16.0. The zero-order valence-corrected chi connectivity index (χ0v) is 16.0. The average Bonchev–Trinajstić information content (AvgIpc) is 3.08. The van der Waals surface area contributed by atoms with E-state index in [9.17, 15) is 9.90 Å². The molecule has 0 saturated carbocycles. The van der Waals surface area contributed by atoms with Crippen molar-refractivity contribution in [2.75, 3.05) is 12.4 Å². The van der Waals surface area contributed by atoms with E-state index in [0.29, 0.717) is 22.7 Å². The minimum Gasteiger partial charge on any atom is -0.495 e. The lowest BCUT2D eigenvalue weighted by atomic mass is 10.2. The van der Waals surface area contributed by atoms with Crippen LogP contribution in [0.25, 0.3) is 16.9 Å². The van der Waals surface area contributed by atoms with Gasteiger partial charge in [0.2, 0.25) is 5.95 Å². The maximum Gasteiger partial charge on any atom is 0.332 e. The van der Waals surface area contributed by atoms with E-state index in [2.05, 4.69) is 20.3 Å². The van der Waals surface area contributed by atoms with Gasteiger partial charge in [0.15, 0.2) is 5.65 Å². The van der Waals surface area contributed by atoms with Crippen LogP contribution in [0.4, 0.5) is 11.6 Å². The summed E-state index contributed by atoms with van der Waals surface area (Å²) in [5.74, 6) is 0.307. The first-order valence-electron chi connectivity index (χ1n) is 8.99. The van der Waals surface area contributed by atoms with Gasteiger partial charge in [-0.3, -0.25) is 5.41 Å². The molecule has 2 aromatic heterocycles. The molecule has 0 aliphatic heterocycles. The molecule has 0 atom stereocenters. The molecule has 0 aliphatic carbocycles. The monoisotopic (exact) mass is 405 g/mol. The molecule has 2 aromatic carbocycles. The Morgan fingerprint density at radius 1 is 1.27 bits per heavy atom. The fourth-order valence-electron chi connectivity index (χ4n) is 3.15. The molecule has 0 fully saturated rings. The number of nitrogens with two attached hydrogens (primary N) is 1. The van der Waals surface area contributed by atoms with Crippen LogP contribution in [0.5, 0.6) is 5.75 Å². The number of aliphatic hydroxyl groups is 1. The minimum absolute atomic E-state index is 0.0894. The number of hydrogen-bond donors (Lipinski definition) is 5. The molecule has 0 radical (unpaired) electrons. The van der Waals surface area contributed by atoms with E-state index in [1.54, 1.807) is 48.5 Å². The number of hydrogen-bond acceptors (Lipinski definition) is 7. The van der Waals surface area contributed by atoms with Crippen molar-refractivity contribution in [2.45, 2.75) is 6.61 Å². The second-order valence-corrected chi connectivity index (χ2v) is 6.43. The number of amidine groups is 1. The van der Waals surface area contributed by atoms with Gasteiger partial charge in [-0.1, -0.05) is 24.3 Å². The highest BCUT2D eigenvalue weighted by atomic mass is 16.5. The first kappa shape index (κ1) is 19.2. The summed E-state index contributed by atoms with van der Waals surface area (Å²) in [5, 5.41) is 20.3. The van der Waals surface area contributed by atoms with Gasteiger partial charge in [0.1, 0.15) is 22.8 Å². The number of para-hydroxylation sites is 2. The molecule has 4 rings (SSSR count). The van der Waals surface area contributed by atoms with Gasteiger partial charge in [-0.05, 0) is 29.8 Å². The Balaban J connectivity index is 1.93. The molecule has 4 aromatic rings. The fraction of sp³-hybridized carbons (Fsp3) is 0.100. The molecule has 0 saturated heterocycles. The predicted octanol–water partition coefficient (Wildman–Crippen LogP) is 1.64. The Labute approximate surface area is 170 Å². The normalized spacial score (nSPS) is 10.9. The molecule has 152 valence electrons. The fourth-order valence-corrected chi connectivity index (χ4v) is 3.15. The van der Waals surface area contributed by atoms with Crippen LogP contribution >= 0.6 is 0 Å². The number of rotatable bonds is 6. The Kier molecular flexibility index (Phi) is 4.90. The summed E-state index contributed by atoms with van der Waals surface area (Å²) in [5.41, 5.74) is 7.65. The number of nitrogens with zero attached hydrogens (tertiary/aromatic N) is 3. The number of fused-ring (bicyclic) bond motifs is 1. The number of nitrogens with one attached hydrogen (secondary N) is 3. The largest absolute Gasteiger partial charge is 0.495 e. The first-order chi connectivity index (χ1) is 14.5. The van der Waals surface area contributed by atoms with Crippen LogP contribution in [0.15, 0.2) is 53.3 Å². The van der Waals surface area contributed by atoms with Gasteiger partial charge >= 0.3 is 5.69 Å². The lowest BCUT2D eigenvalue weighted by Crippen LogP contribution is -2.16. The van der Waals surface area contributed by atoms with Crippen molar-refractivity contribution in [3.8, 4) is 11.4 Å². The van der Waals surface area contributed by atoms with E-state index < -0.39 is 5.69 Å². The third kappa shape index (κ3) is 3.35. The third-order valence-corrected chi connectivity index (χ3v) is 4.48. The maximum atomic E-state index is 12.8. The Morgan fingerprint density at radius 2 is 2.07 bits per heavy atom. The van der Waals surface area contributed by atoms with Gasteiger partial charge < -0.3 is 25.9 Å². The highest BCUT2D eigenvalue weighted by Crippen LogP contribution is 2.25. The molecular formula is C20H19N7O3. The third-order valence-electron chi connectivity index (χ3n) is 4.48. The second-order valence-electron chi connectivity index (χ2n) is 6.43.